The highest BCUT2D eigenvalue weighted by Gasteiger charge is 2.50. The molecule has 1 heteroatoms. The summed E-state index contributed by atoms with van der Waals surface area (Å²) < 4.78 is 6.40. The Morgan fingerprint density at radius 2 is 1.14 bits per heavy atom. The number of hydrogen-bond acceptors (Lipinski definition) is 1. The van der Waals surface area contributed by atoms with Crippen LogP contribution in [0.15, 0.2) is 84.9 Å². The third kappa shape index (κ3) is 1.81. The van der Waals surface area contributed by atoms with Crippen molar-refractivity contribution in [1.29, 1.82) is 0 Å². The van der Waals surface area contributed by atoms with Gasteiger partial charge in [0.1, 0.15) is 11.5 Å². The van der Waals surface area contributed by atoms with E-state index in [4.69, 9.17) is 4.74 Å². The normalized spacial score (nSPS) is 18.1. The maximum absolute atomic E-state index is 6.40. The summed E-state index contributed by atoms with van der Waals surface area (Å²) in [6.07, 6.45) is 0. The minimum atomic E-state index is -0.336. The SMILES string of the molecule is Cc1ccc2c(c1)Oc1ccccc1C21c2ccccc2-c2cc(C)ccc21. The number of benzene rings is 4. The van der Waals surface area contributed by atoms with Gasteiger partial charge in [0.25, 0.3) is 0 Å². The van der Waals surface area contributed by atoms with Gasteiger partial charge in [0.15, 0.2) is 0 Å². The Bertz CT molecular complexity index is 1270. The van der Waals surface area contributed by atoms with Gasteiger partial charge in [-0.3, -0.25) is 0 Å². The Morgan fingerprint density at radius 3 is 2.00 bits per heavy atom. The molecule has 4 aromatic carbocycles. The van der Waals surface area contributed by atoms with Crippen LogP contribution >= 0.6 is 0 Å². The lowest BCUT2D eigenvalue weighted by Crippen LogP contribution is -2.32. The number of rotatable bonds is 0. The van der Waals surface area contributed by atoms with E-state index in [0.717, 1.165) is 11.5 Å². The first kappa shape index (κ1) is 15.7. The zero-order valence-electron chi connectivity index (χ0n) is 16.0. The molecular weight excluding hydrogens is 340 g/mol. The molecule has 1 heterocycles. The summed E-state index contributed by atoms with van der Waals surface area (Å²) in [5, 5.41) is 0. The van der Waals surface area contributed by atoms with Crippen LogP contribution in [0.25, 0.3) is 11.1 Å². The molecule has 0 N–H and O–H groups in total. The Balaban J connectivity index is 1.84. The van der Waals surface area contributed by atoms with Crippen molar-refractivity contribution in [2.75, 3.05) is 0 Å². The van der Waals surface area contributed by atoms with Crippen LogP contribution in [0, 0.1) is 13.8 Å². The van der Waals surface area contributed by atoms with Crippen molar-refractivity contribution < 1.29 is 4.74 Å². The van der Waals surface area contributed by atoms with Crippen LogP contribution in [0.3, 0.4) is 0 Å². The molecule has 0 saturated carbocycles. The number of ether oxygens (including phenoxy) is 1. The summed E-state index contributed by atoms with van der Waals surface area (Å²) in [6, 6.07) is 30.9. The molecule has 1 nitrogen and oxygen atoms in total. The maximum Gasteiger partial charge on any atom is 0.132 e. The monoisotopic (exact) mass is 360 g/mol. The molecule has 1 aliphatic heterocycles. The molecule has 0 aromatic heterocycles. The first-order valence-corrected chi connectivity index (χ1v) is 9.79. The number of fused-ring (bicyclic) bond motifs is 9. The van der Waals surface area contributed by atoms with Gasteiger partial charge in [0.2, 0.25) is 0 Å². The van der Waals surface area contributed by atoms with Crippen molar-refractivity contribution in [3.05, 3.63) is 118 Å². The van der Waals surface area contributed by atoms with E-state index in [1.165, 1.54) is 44.5 Å². The lowest BCUT2D eigenvalue weighted by molar-refractivity contribution is 0.436. The van der Waals surface area contributed by atoms with Gasteiger partial charge >= 0.3 is 0 Å². The van der Waals surface area contributed by atoms with E-state index in [-0.39, 0.29) is 5.41 Å². The quantitative estimate of drug-likeness (QED) is 0.290. The molecule has 0 bridgehead atoms. The summed E-state index contributed by atoms with van der Waals surface area (Å²) in [6.45, 7) is 4.29. The lowest BCUT2D eigenvalue weighted by atomic mass is 9.66. The molecule has 1 spiro atoms. The van der Waals surface area contributed by atoms with Crippen LogP contribution in [-0.2, 0) is 5.41 Å². The average Bonchev–Trinajstić information content (AvgIpc) is 2.99. The van der Waals surface area contributed by atoms with Gasteiger partial charge in [0.05, 0.1) is 5.41 Å². The van der Waals surface area contributed by atoms with Crippen molar-refractivity contribution in [2.24, 2.45) is 0 Å². The van der Waals surface area contributed by atoms with Crippen LogP contribution in [0.1, 0.15) is 33.4 Å². The van der Waals surface area contributed by atoms with Gasteiger partial charge in [-0.2, -0.15) is 0 Å². The Morgan fingerprint density at radius 1 is 0.536 bits per heavy atom. The van der Waals surface area contributed by atoms with E-state index in [1.807, 2.05) is 0 Å². The molecular formula is C27H20O. The molecule has 28 heavy (non-hydrogen) atoms. The second-order valence-electron chi connectivity index (χ2n) is 7.94. The van der Waals surface area contributed by atoms with Crippen molar-refractivity contribution in [1.82, 2.24) is 0 Å². The second-order valence-corrected chi connectivity index (χ2v) is 7.94. The lowest BCUT2D eigenvalue weighted by Gasteiger charge is -2.39. The van der Waals surface area contributed by atoms with Crippen LogP contribution in [0.4, 0.5) is 0 Å². The largest absolute Gasteiger partial charge is 0.457 e. The molecule has 1 aliphatic carbocycles. The molecule has 0 fully saturated rings. The summed E-state index contributed by atoms with van der Waals surface area (Å²) in [5.41, 5.74) is 9.96. The minimum absolute atomic E-state index is 0.336. The summed E-state index contributed by atoms with van der Waals surface area (Å²) in [4.78, 5) is 0. The van der Waals surface area contributed by atoms with Crippen molar-refractivity contribution in [3.63, 3.8) is 0 Å². The molecule has 2 aliphatic rings. The molecule has 134 valence electrons. The molecule has 4 aromatic rings. The Labute approximate surface area is 165 Å². The summed E-state index contributed by atoms with van der Waals surface area (Å²) in [5.74, 6) is 1.91. The Kier molecular flexibility index (Phi) is 3.01. The van der Waals surface area contributed by atoms with Gasteiger partial charge in [-0.15, -0.1) is 0 Å². The van der Waals surface area contributed by atoms with E-state index < -0.39 is 0 Å². The van der Waals surface area contributed by atoms with Crippen LogP contribution in [-0.4, -0.2) is 0 Å². The van der Waals surface area contributed by atoms with Crippen molar-refractivity contribution >= 4 is 0 Å². The Hall–Kier alpha value is -3.32. The van der Waals surface area contributed by atoms with Gasteiger partial charge in [-0.25, -0.2) is 0 Å². The fourth-order valence-electron chi connectivity index (χ4n) is 5.13. The topological polar surface area (TPSA) is 9.23 Å². The highest BCUT2D eigenvalue weighted by Crippen LogP contribution is 2.61. The van der Waals surface area contributed by atoms with Gasteiger partial charge in [-0.05, 0) is 53.8 Å². The van der Waals surface area contributed by atoms with Crippen LogP contribution < -0.4 is 4.74 Å². The number of para-hydroxylation sites is 1. The standard InChI is InChI=1S/C27H20O/c1-17-11-13-22-20(15-17)19-7-3-4-8-21(19)27(22)23-9-5-6-10-25(23)28-26-16-18(2)12-14-24(26)27/h3-16H,1-2H3. The number of hydrogen-bond donors (Lipinski definition) is 0. The van der Waals surface area contributed by atoms with E-state index in [2.05, 4.69) is 98.8 Å². The zero-order valence-corrected chi connectivity index (χ0v) is 16.0. The van der Waals surface area contributed by atoms with Gasteiger partial charge in [0, 0.05) is 11.1 Å². The van der Waals surface area contributed by atoms with E-state index in [9.17, 15) is 0 Å². The van der Waals surface area contributed by atoms with Crippen molar-refractivity contribution in [2.45, 2.75) is 19.3 Å². The zero-order chi connectivity index (χ0) is 18.9. The average molecular weight is 360 g/mol. The third-order valence-corrected chi connectivity index (χ3v) is 6.25. The molecule has 1 atom stereocenters. The summed E-state index contributed by atoms with van der Waals surface area (Å²) in [7, 11) is 0. The van der Waals surface area contributed by atoms with Crippen molar-refractivity contribution in [3.8, 4) is 22.6 Å². The second kappa shape index (κ2) is 5.36. The highest BCUT2D eigenvalue weighted by molar-refractivity contribution is 5.88. The first-order valence-electron chi connectivity index (χ1n) is 9.79. The van der Waals surface area contributed by atoms with Gasteiger partial charge in [-0.1, -0.05) is 78.4 Å². The van der Waals surface area contributed by atoms with Crippen LogP contribution in [0.2, 0.25) is 0 Å². The summed E-state index contributed by atoms with van der Waals surface area (Å²) >= 11 is 0. The minimum Gasteiger partial charge on any atom is -0.457 e. The fourth-order valence-corrected chi connectivity index (χ4v) is 5.13. The predicted molar refractivity (Wildman–Crippen MR) is 113 cm³/mol. The molecule has 0 saturated heterocycles. The number of aryl methyl sites for hydroxylation is 2. The van der Waals surface area contributed by atoms with E-state index in [0.29, 0.717) is 0 Å². The molecule has 6 rings (SSSR count). The molecule has 0 radical (unpaired) electrons. The van der Waals surface area contributed by atoms with Crippen LogP contribution in [0.5, 0.6) is 11.5 Å². The molecule has 0 amide bonds. The van der Waals surface area contributed by atoms with Gasteiger partial charge < -0.3 is 4.74 Å². The fraction of sp³-hybridized carbons (Fsp3) is 0.111. The third-order valence-electron chi connectivity index (χ3n) is 6.25. The first-order chi connectivity index (χ1) is 13.7. The molecule has 1 unspecified atom stereocenters. The highest BCUT2D eigenvalue weighted by atomic mass is 16.5. The predicted octanol–water partition coefficient (Wildman–Crippen LogP) is 6.77. The maximum atomic E-state index is 6.40. The van der Waals surface area contributed by atoms with E-state index in [1.54, 1.807) is 0 Å². The smallest absolute Gasteiger partial charge is 0.132 e. The van der Waals surface area contributed by atoms with E-state index >= 15 is 0 Å².